The summed E-state index contributed by atoms with van der Waals surface area (Å²) in [6.45, 7) is 1.85. The molecule has 0 aromatic heterocycles. The molecule has 8 heteroatoms. The number of aliphatic carboxylic acids is 1. The maximum Gasteiger partial charge on any atom is 0.330 e. The maximum absolute atomic E-state index is 12.0. The van der Waals surface area contributed by atoms with Gasteiger partial charge >= 0.3 is 5.97 Å². The number of nitrogen functional groups attached to an aromatic ring is 1. The average Bonchev–Trinajstić information content (AvgIpc) is 2.64. The first-order valence-corrected chi connectivity index (χ1v) is 9.16. The van der Waals surface area contributed by atoms with Crippen LogP contribution < -0.4 is 15.8 Å². The number of nitrogens with one attached hydrogen (secondary N) is 2. The predicted octanol–water partition coefficient (Wildman–Crippen LogP) is 2.90. The van der Waals surface area contributed by atoms with Crippen LogP contribution in [0.1, 0.15) is 29.7 Å². The Morgan fingerprint density at radius 2 is 2.00 bits per heavy atom. The molecule has 2 rings (SSSR count). The second-order valence-corrected chi connectivity index (χ2v) is 6.73. The number of aliphatic hydroxyl groups excluding tert-OH is 1. The van der Waals surface area contributed by atoms with Gasteiger partial charge in [0.25, 0.3) is 0 Å². The van der Waals surface area contributed by atoms with Gasteiger partial charge in [0.15, 0.2) is 6.04 Å². The van der Waals surface area contributed by atoms with Crippen molar-refractivity contribution in [1.29, 1.82) is 5.41 Å². The summed E-state index contributed by atoms with van der Waals surface area (Å²) in [5.74, 6) is -0.676. The fourth-order valence-electron chi connectivity index (χ4n) is 2.66. The number of aryl methyl sites for hydroxylation is 1. The number of carboxylic acids is 1. The molecule has 0 bridgehead atoms. The Labute approximate surface area is 165 Å². The van der Waals surface area contributed by atoms with Gasteiger partial charge in [0.05, 0.1) is 6.61 Å². The summed E-state index contributed by atoms with van der Waals surface area (Å²) < 4.78 is 6.41. The maximum atomic E-state index is 12.0. The minimum absolute atomic E-state index is 0.0596. The predicted molar refractivity (Wildman–Crippen MR) is 108 cm³/mol. The second-order valence-electron chi connectivity index (χ2n) is 5.82. The zero-order valence-corrected chi connectivity index (χ0v) is 16.4. The number of aliphatic hydroxyl groups is 1. The van der Waals surface area contributed by atoms with Crippen LogP contribution in [0.25, 0.3) is 0 Å². The number of amidine groups is 1. The molecule has 27 heavy (non-hydrogen) atoms. The van der Waals surface area contributed by atoms with Gasteiger partial charge < -0.3 is 26.0 Å². The first kappa shape index (κ1) is 20.7. The number of carboxylic acid groups (broad SMARTS) is 1. The molecule has 0 spiro atoms. The topological polar surface area (TPSA) is 129 Å². The van der Waals surface area contributed by atoms with E-state index in [0.717, 1.165) is 10.0 Å². The molecule has 0 saturated heterocycles. The Hall–Kier alpha value is -2.58. The van der Waals surface area contributed by atoms with Crippen LogP contribution in [0.5, 0.6) is 5.75 Å². The lowest BCUT2D eigenvalue weighted by molar-refractivity contribution is -0.138. The largest absolute Gasteiger partial charge is 0.491 e. The molecule has 0 fully saturated rings. The van der Waals surface area contributed by atoms with E-state index in [1.165, 1.54) is 0 Å². The molecule has 0 heterocycles. The molecule has 0 saturated carbocycles. The molecule has 2 aromatic carbocycles. The molecule has 6 N–H and O–H groups in total. The van der Waals surface area contributed by atoms with Crippen LogP contribution in [0, 0.1) is 5.41 Å². The van der Waals surface area contributed by atoms with E-state index in [4.69, 9.17) is 21.0 Å². The number of rotatable bonds is 9. The zero-order valence-electron chi connectivity index (χ0n) is 14.8. The standard InChI is InChI=1S/C19H22BrN3O4/c1-2-11-9-13(20)10-15(17(11)27-8-7-24)16(19(25)26)23-14-5-3-12(4-6-14)18(21)22/h3-6,9-10,16,23-24H,2,7-8H2,1H3,(H3,21,22)(H,25,26). The lowest BCUT2D eigenvalue weighted by Gasteiger charge is -2.22. The first-order chi connectivity index (χ1) is 12.9. The van der Waals surface area contributed by atoms with E-state index in [0.29, 0.717) is 29.0 Å². The second kappa shape index (κ2) is 9.38. The van der Waals surface area contributed by atoms with Crippen molar-refractivity contribution in [3.05, 3.63) is 57.6 Å². The van der Waals surface area contributed by atoms with Crippen LogP contribution in [0.15, 0.2) is 40.9 Å². The number of nitrogens with two attached hydrogens (primary N) is 1. The summed E-state index contributed by atoms with van der Waals surface area (Å²) >= 11 is 3.42. The summed E-state index contributed by atoms with van der Waals surface area (Å²) in [5, 5.41) is 29.3. The first-order valence-electron chi connectivity index (χ1n) is 8.37. The van der Waals surface area contributed by atoms with Crippen LogP contribution >= 0.6 is 15.9 Å². The number of anilines is 1. The van der Waals surface area contributed by atoms with Gasteiger partial charge in [-0.25, -0.2) is 4.79 Å². The van der Waals surface area contributed by atoms with Crippen LogP contribution in [0.3, 0.4) is 0 Å². The van der Waals surface area contributed by atoms with Gasteiger partial charge in [-0.05, 0) is 48.4 Å². The normalized spacial score (nSPS) is 11.7. The Kier molecular flexibility index (Phi) is 7.20. The summed E-state index contributed by atoms with van der Waals surface area (Å²) in [6.07, 6.45) is 0.646. The minimum atomic E-state index is -1.07. The number of halogens is 1. The highest BCUT2D eigenvalue weighted by Crippen LogP contribution is 2.35. The van der Waals surface area contributed by atoms with Crippen molar-refractivity contribution >= 4 is 33.4 Å². The van der Waals surface area contributed by atoms with Crippen molar-refractivity contribution < 1.29 is 19.7 Å². The average molecular weight is 436 g/mol. The third kappa shape index (κ3) is 5.21. The highest BCUT2D eigenvalue weighted by atomic mass is 79.9. The fraction of sp³-hybridized carbons (Fsp3) is 0.263. The Balaban J connectivity index is 2.44. The third-order valence-electron chi connectivity index (χ3n) is 3.94. The van der Waals surface area contributed by atoms with Crippen LogP contribution in [-0.2, 0) is 11.2 Å². The summed E-state index contributed by atoms with van der Waals surface area (Å²) in [7, 11) is 0. The number of carbonyl (C=O) groups is 1. The van der Waals surface area contributed by atoms with E-state index < -0.39 is 12.0 Å². The van der Waals surface area contributed by atoms with Gasteiger partial charge in [0, 0.05) is 21.3 Å². The van der Waals surface area contributed by atoms with E-state index in [2.05, 4.69) is 21.2 Å². The van der Waals surface area contributed by atoms with Gasteiger partial charge in [0.1, 0.15) is 18.2 Å². The molecule has 1 atom stereocenters. The van der Waals surface area contributed by atoms with E-state index in [9.17, 15) is 9.90 Å². The van der Waals surface area contributed by atoms with E-state index in [1.807, 2.05) is 13.0 Å². The van der Waals surface area contributed by atoms with E-state index in [-0.39, 0.29) is 19.0 Å². The monoisotopic (exact) mass is 435 g/mol. The van der Waals surface area contributed by atoms with Crippen LogP contribution in [0.4, 0.5) is 5.69 Å². The Bertz CT molecular complexity index is 824. The molecule has 0 amide bonds. The number of ether oxygens (including phenoxy) is 1. The highest BCUT2D eigenvalue weighted by molar-refractivity contribution is 9.10. The van der Waals surface area contributed by atoms with Crippen molar-refractivity contribution in [3.8, 4) is 5.75 Å². The van der Waals surface area contributed by atoms with Gasteiger partial charge in [0.2, 0.25) is 0 Å². The quantitative estimate of drug-likeness (QED) is 0.304. The molecule has 144 valence electrons. The molecule has 0 aliphatic carbocycles. The van der Waals surface area contributed by atoms with Gasteiger partial charge in [-0.15, -0.1) is 0 Å². The molecule has 2 aromatic rings. The lowest BCUT2D eigenvalue weighted by Crippen LogP contribution is -2.22. The lowest BCUT2D eigenvalue weighted by atomic mass is 10.00. The Morgan fingerprint density at radius 1 is 1.33 bits per heavy atom. The molecule has 0 aliphatic heterocycles. The van der Waals surface area contributed by atoms with Crippen molar-refractivity contribution in [1.82, 2.24) is 0 Å². The molecule has 0 aliphatic rings. The van der Waals surface area contributed by atoms with E-state index in [1.54, 1.807) is 30.3 Å². The summed E-state index contributed by atoms with van der Waals surface area (Å²) in [5.41, 5.74) is 7.86. The smallest absolute Gasteiger partial charge is 0.330 e. The summed E-state index contributed by atoms with van der Waals surface area (Å²) in [6, 6.07) is 9.12. The van der Waals surface area contributed by atoms with Gasteiger partial charge in [-0.3, -0.25) is 5.41 Å². The van der Waals surface area contributed by atoms with Crippen LogP contribution in [-0.4, -0.2) is 35.2 Å². The van der Waals surface area contributed by atoms with Crippen molar-refractivity contribution in [2.24, 2.45) is 5.73 Å². The van der Waals surface area contributed by atoms with Gasteiger partial charge in [-0.1, -0.05) is 22.9 Å². The number of hydrogen-bond acceptors (Lipinski definition) is 5. The van der Waals surface area contributed by atoms with Crippen molar-refractivity contribution in [2.75, 3.05) is 18.5 Å². The third-order valence-corrected chi connectivity index (χ3v) is 4.40. The minimum Gasteiger partial charge on any atom is -0.491 e. The Morgan fingerprint density at radius 3 is 2.52 bits per heavy atom. The van der Waals surface area contributed by atoms with Gasteiger partial charge in [-0.2, -0.15) is 0 Å². The highest BCUT2D eigenvalue weighted by Gasteiger charge is 2.26. The molecular weight excluding hydrogens is 414 g/mol. The van der Waals surface area contributed by atoms with Crippen molar-refractivity contribution in [2.45, 2.75) is 19.4 Å². The van der Waals surface area contributed by atoms with E-state index >= 15 is 0 Å². The van der Waals surface area contributed by atoms with Crippen molar-refractivity contribution in [3.63, 3.8) is 0 Å². The zero-order chi connectivity index (χ0) is 20.0. The summed E-state index contributed by atoms with van der Waals surface area (Å²) in [4.78, 5) is 12.0. The molecule has 1 unspecified atom stereocenters. The number of hydrogen-bond donors (Lipinski definition) is 5. The SMILES string of the molecule is CCc1cc(Br)cc(C(Nc2ccc(C(=N)N)cc2)C(=O)O)c1OCCO. The van der Waals surface area contributed by atoms with Crippen LogP contribution in [0.2, 0.25) is 0 Å². The fourth-order valence-corrected chi connectivity index (χ4v) is 3.18. The molecular formula is C19H22BrN3O4. The molecule has 7 nitrogen and oxygen atoms in total. The number of benzene rings is 2. The molecule has 0 radical (unpaired) electrons.